The molecule has 0 spiro atoms. The van der Waals surface area contributed by atoms with E-state index in [1.54, 1.807) is 25.4 Å². The molecule has 1 fully saturated rings. The summed E-state index contributed by atoms with van der Waals surface area (Å²) >= 11 is 11.8. The Balaban J connectivity index is 1.67. The number of nitrogens with one attached hydrogen (secondary N) is 1. The van der Waals surface area contributed by atoms with Gasteiger partial charge in [0, 0.05) is 30.0 Å². The molecule has 2 atom stereocenters. The van der Waals surface area contributed by atoms with E-state index < -0.39 is 0 Å². The van der Waals surface area contributed by atoms with Crippen LogP contribution in [0.4, 0.5) is 10.1 Å². The molecule has 0 radical (unpaired) electrons. The number of aromatic nitrogens is 3. The Labute approximate surface area is 195 Å². The van der Waals surface area contributed by atoms with Gasteiger partial charge in [-0.2, -0.15) is 0 Å². The van der Waals surface area contributed by atoms with E-state index in [0.717, 1.165) is 22.9 Å². The third kappa shape index (κ3) is 3.63. The number of pyridine rings is 2. The highest BCUT2D eigenvalue weighted by atomic mass is 35.5. The molecule has 32 heavy (non-hydrogen) atoms. The molecule has 1 aliphatic heterocycles. The lowest BCUT2D eigenvalue weighted by Gasteiger charge is -2.29. The van der Waals surface area contributed by atoms with Crippen LogP contribution < -0.4 is 10.2 Å². The van der Waals surface area contributed by atoms with E-state index in [9.17, 15) is 4.39 Å². The van der Waals surface area contributed by atoms with Crippen LogP contribution >= 0.6 is 23.8 Å². The Bertz CT molecular complexity index is 1280. The summed E-state index contributed by atoms with van der Waals surface area (Å²) in [5, 5.41) is 4.55. The second-order valence-corrected chi connectivity index (χ2v) is 8.39. The summed E-state index contributed by atoms with van der Waals surface area (Å²) < 4.78 is 16.0. The summed E-state index contributed by atoms with van der Waals surface area (Å²) in [4.78, 5) is 11.1. The topological polar surface area (TPSA) is 46.0 Å². The molecule has 5 rings (SSSR count). The zero-order valence-corrected chi connectivity index (χ0v) is 18.7. The van der Waals surface area contributed by atoms with E-state index in [1.807, 2.05) is 64.2 Å². The molecular weight excluding hydrogens is 445 g/mol. The van der Waals surface area contributed by atoms with Gasteiger partial charge in [0.15, 0.2) is 5.11 Å². The molecule has 4 aromatic rings. The lowest BCUT2D eigenvalue weighted by Crippen LogP contribution is -2.30. The summed E-state index contributed by atoms with van der Waals surface area (Å²) in [6.07, 6.45) is 5.34. The maximum Gasteiger partial charge on any atom is 0.174 e. The van der Waals surface area contributed by atoms with Crippen molar-refractivity contribution in [1.29, 1.82) is 0 Å². The fourth-order valence-electron chi connectivity index (χ4n) is 4.07. The summed E-state index contributed by atoms with van der Waals surface area (Å²) in [6.45, 7) is 1.75. The first-order valence-corrected chi connectivity index (χ1v) is 10.9. The molecule has 1 saturated heterocycles. The Morgan fingerprint density at radius 1 is 1.06 bits per heavy atom. The lowest BCUT2D eigenvalue weighted by atomic mass is 10.0. The Morgan fingerprint density at radius 3 is 2.66 bits per heavy atom. The molecule has 5 nitrogen and oxygen atoms in total. The van der Waals surface area contributed by atoms with Crippen molar-refractivity contribution in [2.24, 2.45) is 0 Å². The molecule has 0 unspecified atom stereocenters. The number of halogens is 2. The quantitative estimate of drug-likeness (QED) is 0.402. The Morgan fingerprint density at radius 2 is 1.94 bits per heavy atom. The standard InChI is InChI=1S/C24H19ClFN5S/c1-15-13-17(8-9-18(15)26)31-23(22(29-24(31)32)19-5-2-3-11-27-19)20-6-4-12-30(20)21-10-7-16(25)14-28-21/h2-14,22-23H,1H3,(H,29,32)/t22-,23-/m0/s1. The number of thiocarbonyl (C=S) groups is 1. The van der Waals surface area contributed by atoms with Crippen molar-refractivity contribution >= 4 is 34.6 Å². The van der Waals surface area contributed by atoms with Crippen LogP contribution in [0.5, 0.6) is 0 Å². The number of aryl methyl sites for hydroxylation is 1. The highest BCUT2D eigenvalue weighted by Crippen LogP contribution is 2.42. The largest absolute Gasteiger partial charge is 0.351 e. The van der Waals surface area contributed by atoms with Gasteiger partial charge in [-0.25, -0.2) is 9.37 Å². The van der Waals surface area contributed by atoms with Crippen LogP contribution in [-0.2, 0) is 0 Å². The molecule has 1 aromatic carbocycles. The second kappa shape index (κ2) is 8.33. The molecule has 0 amide bonds. The number of benzene rings is 1. The average molecular weight is 464 g/mol. The lowest BCUT2D eigenvalue weighted by molar-refractivity contribution is 0.548. The molecule has 1 N–H and O–H groups in total. The van der Waals surface area contributed by atoms with Crippen molar-refractivity contribution in [3.8, 4) is 5.82 Å². The first kappa shape index (κ1) is 20.6. The van der Waals surface area contributed by atoms with Crippen LogP contribution in [-0.4, -0.2) is 19.6 Å². The van der Waals surface area contributed by atoms with Gasteiger partial charge in [-0.15, -0.1) is 0 Å². The van der Waals surface area contributed by atoms with Crippen LogP contribution in [0.3, 0.4) is 0 Å². The smallest absolute Gasteiger partial charge is 0.174 e. The van der Waals surface area contributed by atoms with Crippen LogP contribution in [0.15, 0.2) is 79.3 Å². The fourth-order valence-corrected chi connectivity index (χ4v) is 4.52. The summed E-state index contributed by atoms with van der Waals surface area (Å²) in [5.74, 6) is 0.487. The number of rotatable bonds is 4. The normalized spacial score (nSPS) is 18.1. The minimum atomic E-state index is -0.251. The second-order valence-electron chi connectivity index (χ2n) is 7.57. The molecule has 160 valence electrons. The van der Waals surface area contributed by atoms with Gasteiger partial charge in [-0.1, -0.05) is 17.7 Å². The molecular formula is C24H19ClFN5S. The van der Waals surface area contributed by atoms with E-state index in [4.69, 9.17) is 23.8 Å². The average Bonchev–Trinajstić information content (AvgIpc) is 3.41. The first-order chi connectivity index (χ1) is 15.5. The zero-order chi connectivity index (χ0) is 22.2. The molecule has 0 bridgehead atoms. The minimum Gasteiger partial charge on any atom is -0.351 e. The zero-order valence-electron chi connectivity index (χ0n) is 17.1. The number of nitrogens with zero attached hydrogens (tertiary/aromatic N) is 4. The molecule has 8 heteroatoms. The maximum atomic E-state index is 14.0. The number of hydrogen-bond acceptors (Lipinski definition) is 3. The van der Waals surface area contributed by atoms with Crippen molar-refractivity contribution in [3.63, 3.8) is 0 Å². The summed E-state index contributed by atoms with van der Waals surface area (Å²) in [6, 6.07) is 18.1. The van der Waals surface area contributed by atoms with Crippen molar-refractivity contribution in [2.75, 3.05) is 4.90 Å². The van der Waals surface area contributed by atoms with Gasteiger partial charge in [0.2, 0.25) is 0 Å². The van der Waals surface area contributed by atoms with Crippen molar-refractivity contribution < 1.29 is 4.39 Å². The van der Waals surface area contributed by atoms with Crippen molar-refractivity contribution in [1.82, 2.24) is 19.9 Å². The summed E-state index contributed by atoms with van der Waals surface area (Å²) in [5.41, 5.74) is 3.18. The van der Waals surface area contributed by atoms with E-state index in [1.165, 1.54) is 6.07 Å². The van der Waals surface area contributed by atoms with Gasteiger partial charge in [0.1, 0.15) is 17.7 Å². The van der Waals surface area contributed by atoms with Gasteiger partial charge in [0.05, 0.1) is 16.8 Å². The predicted molar refractivity (Wildman–Crippen MR) is 128 cm³/mol. The van der Waals surface area contributed by atoms with E-state index in [0.29, 0.717) is 15.7 Å². The minimum absolute atomic E-state index is 0.213. The Hall–Kier alpha value is -3.29. The van der Waals surface area contributed by atoms with Gasteiger partial charge < -0.3 is 14.8 Å². The van der Waals surface area contributed by atoms with Crippen molar-refractivity contribution in [3.05, 3.63) is 107 Å². The highest BCUT2D eigenvalue weighted by molar-refractivity contribution is 7.80. The number of anilines is 1. The third-order valence-electron chi connectivity index (χ3n) is 5.56. The molecule has 1 aliphatic rings. The highest BCUT2D eigenvalue weighted by Gasteiger charge is 2.42. The Kier molecular flexibility index (Phi) is 5.36. The molecule has 0 saturated carbocycles. The number of hydrogen-bond donors (Lipinski definition) is 1. The van der Waals surface area contributed by atoms with Crippen LogP contribution in [0.25, 0.3) is 5.82 Å². The van der Waals surface area contributed by atoms with Gasteiger partial charge in [-0.05, 0) is 79.3 Å². The van der Waals surface area contributed by atoms with Crippen molar-refractivity contribution in [2.45, 2.75) is 19.0 Å². The SMILES string of the molecule is Cc1cc(N2C(=S)N[C@@H](c3ccccn3)[C@@H]2c2cccn2-c2ccc(Cl)cn2)ccc1F. The molecule has 4 heterocycles. The van der Waals surface area contributed by atoms with Gasteiger partial charge >= 0.3 is 0 Å². The maximum absolute atomic E-state index is 14.0. The molecule has 0 aliphatic carbocycles. The van der Waals surface area contributed by atoms with Crippen LogP contribution in [0, 0.1) is 12.7 Å². The van der Waals surface area contributed by atoms with Gasteiger partial charge in [-0.3, -0.25) is 4.98 Å². The van der Waals surface area contributed by atoms with Gasteiger partial charge in [0.25, 0.3) is 0 Å². The first-order valence-electron chi connectivity index (χ1n) is 10.1. The molecule has 3 aromatic heterocycles. The fraction of sp³-hybridized carbons (Fsp3) is 0.125. The van der Waals surface area contributed by atoms with Crippen LogP contribution in [0.1, 0.15) is 29.0 Å². The van der Waals surface area contributed by atoms with E-state index in [2.05, 4.69) is 15.3 Å². The van der Waals surface area contributed by atoms with E-state index >= 15 is 0 Å². The predicted octanol–water partition coefficient (Wildman–Crippen LogP) is 5.55. The summed E-state index contributed by atoms with van der Waals surface area (Å²) in [7, 11) is 0. The van der Waals surface area contributed by atoms with Crippen LogP contribution in [0.2, 0.25) is 5.02 Å². The van der Waals surface area contributed by atoms with E-state index in [-0.39, 0.29) is 17.9 Å². The monoisotopic (exact) mass is 463 g/mol. The third-order valence-corrected chi connectivity index (χ3v) is 6.10.